The minimum Gasteiger partial charge on any atom is -0.372 e. The maximum Gasteiger partial charge on any atom is 0.0430 e. The molecule has 68 valence electrons. The van der Waals surface area contributed by atoms with Crippen molar-refractivity contribution in [1.82, 2.24) is 4.90 Å². The Hall–Kier alpha value is -1.28. The van der Waals surface area contributed by atoms with Crippen molar-refractivity contribution >= 4 is 6.08 Å². The molecule has 1 aromatic rings. The van der Waals surface area contributed by atoms with Gasteiger partial charge in [0.25, 0.3) is 0 Å². The molecule has 0 unspecified atom stereocenters. The molecule has 0 saturated carbocycles. The van der Waals surface area contributed by atoms with E-state index < -0.39 is 0 Å². The maximum atomic E-state index is 5.50. The fourth-order valence-corrected chi connectivity index (χ4v) is 1.62. The van der Waals surface area contributed by atoms with Crippen molar-refractivity contribution in [2.75, 3.05) is 13.1 Å². The van der Waals surface area contributed by atoms with Crippen LogP contribution in [0.25, 0.3) is 6.08 Å². The number of hydrogen-bond donors (Lipinski definition) is 1. The lowest BCUT2D eigenvalue weighted by Crippen LogP contribution is -2.26. The number of fused-ring (bicyclic) bond motifs is 1. The Morgan fingerprint density at radius 3 is 3.00 bits per heavy atom. The molecule has 0 fully saturated rings. The molecule has 0 aliphatic carbocycles. The van der Waals surface area contributed by atoms with Crippen molar-refractivity contribution in [3.63, 3.8) is 0 Å². The van der Waals surface area contributed by atoms with Crippen LogP contribution in [0.1, 0.15) is 11.1 Å². The van der Waals surface area contributed by atoms with Gasteiger partial charge in [-0.1, -0.05) is 24.3 Å². The average Bonchev–Trinajstić information content (AvgIpc) is 2.18. The van der Waals surface area contributed by atoms with E-state index in [4.69, 9.17) is 5.73 Å². The Morgan fingerprint density at radius 1 is 1.31 bits per heavy atom. The molecule has 1 heterocycles. The van der Waals surface area contributed by atoms with Crippen LogP contribution < -0.4 is 5.73 Å². The zero-order chi connectivity index (χ0) is 9.10. The van der Waals surface area contributed by atoms with Crippen molar-refractivity contribution in [3.05, 3.63) is 41.6 Å². The molecule has 0 aromatic heterocycles. The molecule has 0 saturated heterocycles. The number of hydrogen-bond acceptors (Lipinski definition) is 2. The smallest absolute Gasteiger partial charge is 0.0430 e. The van der Waals surface area contributed by atoms with Crippen LogP contribution in [0.15, 0.2) is 30.5 Å². The second kappa shape index (κ2) is 3.62. The Labute approximate surface area is 78.7 Å². The summed E-state index contributed by atoms with van der Waals surface area (Å²) in [5, 5.41) is 0. The third-order valence-electron chi connectivity index (χ3n) is 2.31. The van der Waals surface area contributed by atoms with Crippen molar-refractivity contribution in [2.45, 2.75) is 6.54 Å². The molecule has 0 spiro atoms. The number of nitrogens with two attached hydrogens (primary N) is 1. The first-order chi connectivity index (χ1) is 6.40. The van der Waals surface area contributed by atoms with E-state index >= 15 is 0 Å². The van der Waals surface area contributed by atoms with E-state index in [9.17, 15) is 0 Å². The van der Waals surface area contributed by atoms with E-state index in [1.807, 2.05) is 0 Å². The van der Waals surface area contributed by atoms with E-state index in [1.54, 1.807) is 0 Å². The van der Waals surface area contributed by atoms with Crippen LogP contribution >= 0.6 is 0 Å². The lowest BCUT2D eigenvalue weighted by molar-refractivity contribution is 0.376. The summed E-state index contributed by atoms with van der Waals surface area (Å²) in [6, 6.07) is 8.47. The predicted molar refractivity (Wildman–Crippen MR) is 54.9 cm³/mol. The standard InChI is InChI=1S/C11H14N2/c12-6-8-13-7-5-10-3-1-2-4-11(10)9-13/h1-5,7H,6,8-9,12H2. The van der Waals surface area contributed by atoms with Gasteiger partial charge in [0.05, 0.1) is 0 Å². The SMILES string of the molecule is NCCN1C=Cc2ccccc2C1. The lowest BCUT2D eigenvalue weighted by Gasteiger charge is -2.24. The molecule has 2 rings (SSSR count). The van der Waals surface area contributed by atoms with E-state index in [0.717, 1.165) is 13.1 Å². The Morgan fingerprint density at radius 2 is 2.15 bits per heavy atom. The summed E-state index contributed by atoms with van der Waals surface area (Å²) in [4.78, 5) is 2.24. The van der Waals surface area contributed by atoms with Gasteiger partial charge in [-0.3, -0.25) is 0 Å². The first-order valence-electron chi connectivity index (χ1n) is 4.60. The van der Waals surface area contributed by atoms with Gasteiger partial charge in [0.1, 0.15) is 0 Å². The van der Waals surface area contributed by atoms with Gasteiger partial charge in [0.15, 0.2) is 0 Å². The third kappa shape index (κ3) is 1.73. The van der Waals surface area contributed by atoms with E-state index in [-0.39, 0.29) is 0 Å². The molecule has 13 heavy (non-hydrogen) atoms. The summed E-state index contributed by atoms with van der Waals surface area (Å²) in [6.07, 6.45) is 4.27. The molecular weight excluding hydrogens is 160 g/mol. The highest BCUT2D eigenvalue weighted by Gasteiger charge is 2.07. The fraction of sp³-hybridized carbons (Fsp3) is 0.273. The molecule has 2 N–H and O–H groups in total. The minimum absolute atomic E-state index is 0.715. The van der Waals surface area contributed by atoms with Gasteiger partial charge in [-0.25, -0.2) is 0 Å². The van der Waals surface area contributed by atoms with Crippen LogP contribution in [0.2, 0.25) is 0 Å². The molecular formula is C11H14N2. The summed E-state index contributed by atoms with van der Waals surface area (Å²) in [6.45, 7) is 2.64. The molecule has 2 nitrogen and oxygen atoms in total. The molecule has 1 aliphatic heterocycles. The van der Waals surface area contributed by atoms with Crippen LogP contribution in [-0.2, 0) is 6.54 Å². The molecule has 2 heteroatoms. The fourth-order valence-electron chi connectivity index (χ4n) is 1.62. The molecule has 0 radical (unpaired) electrons. The average molecular weight is 174 g/mol. The number of benzene rings is 1. The van der Waals surface area contributed by atoms with Gasteiger partial charge in [-0.2, -0.15) is 0 Å². The summed E-state index contributed by atoms with van der Waals surface area (Å²) >= 11 is 0. The topological polar surface area (TPSA) is 29.3 Å². The van der Waals surface area contributed by atoms with Gasteiger partial charge in [0, 0.05) is 25.8 Å². The largest absolute Gasteiger partial charge is 0.372 e. The van der Waals surface area contributed by atoms with E-state index in [0.29, 0.717) is 6.54 Å². The zero-order valence-corrected chi connectivity index (χ0v) is 7.61. The normalized spacial score (nSPS) is 14.4. The van der Waals surface area contributed by atoms with Crippen LogP contribution in [-0.4, -0.2) is 18.0 Å². The molecule has 0 bridgehead atoms. The van der Waals surface area contributed by atoms with Gasteiger partial charge in [0.2, 0.25) is 0 Å². The van der Waals surface area contributed by atoms with Gasteiger partial charge in [-0.15, -0.1) is 0 Å². The summed E-state index contributed by atoms with van der Waals surface area (Å²) in [7, 11) is 0. The summed E-state index contributed by atoms with van der Waals surface area (Å²) < 4.78 is 0. The van der Waals surface area contributed by atoms with Crippen molar-refractivity contribution in [2.24, 2.45) is 5.73 Å². The quantitative estimate of drug-likeness (QED) is 0.735. The highest BCUT2D eigenvalue weighted by molar-refractivity contribution is 5.55. The summed E-state index contributed by atoms with van der Waals surface area (Å²) in [5.41, 5.74) is 8.22. The summed E-state index contributed by atoms with van der Waals surface area (Å²) in [5.74, 6) is 0. The Balaban J connectivity index is 2.19. The molecule has 1 aromatic carbocycles. The van der Waals surface area contributed by atoms with E-state index in [2.05, 4.69) is 41.4 Å². The van der Waals surface area contributed by atoms with Gasteiger partial charge < -0.3 is 10.6 Å². The van der Waals surface area contributed by atoms with Crippen molar-refractivity contribution in [1.29, 1.82) is 0 Å². The minimum atomic E-state index is 0.715. The number of rotatable bonds is 2. The van der Waals surface area contributed by atoms with E-state index in [1.165, 1.54) is 11.1 Å². The predicted octanol–water partition coefficient (Wildman–Crippen LogP) is 1.43. The first-order valence-corrected chi connectivity index (χ1v) is 4.60. The third-order valence-corrected chi connectivity index (χ3v) is 2.31. The molecule has 0 amide bonds. The first kappa shape index (κ1) is 8.32. The monoisotopic (exact) mass is 174 g/mol. The number of nitrogens with zero attached hydrogens (tertiary/aromatic N) is 1. The van der Waals surface area contributed by atoms with Crippen LogP contribution in [0, 0.1) is 0 Å². The highest BCUT2D eigenvalue weighted by atomic mass is 15.1. The van der Waals surface area contributed by atoms with Crippen LogP contribution in [0.3, 0.4) is 0 Å². The van der Waals surface area contributed by atoms with Crippen molar-refractivity contribution < 1.29 is 0 Å². The second-order valence-electron chi connectivity index (χ2n) is 3.27. The van der Waals surface area contributed by atoms with Crippen LogP contribution in [0.5, 0.6) is 0 Å². The second-order valence-corrected chi connectivity index (χ2v) is 3.27. The lowest BCUT2D eigenvalue weighted by atomic mass is 10.0. The Bertz CT molecular complexity index is 318. The van der Waals surface area contributed by atoms with Gasteiger partial charge >= 0.3 is 0 Å². The van der Waals surface area contributed by atoms with Crippen molar-refractivity contribution in [3.8, 4) is 0 Å². The van der Waals surface area contributed by atoms with Gasteiger partial charge in [-0.05, 0) is 17.2 Å². The zero-order valence-electron chi connectivity index (χ0n) is 7.61. The highest BCUT2D eigenvalue weighted by Crippen LogP contribution is 2.18. The maximum absolute atomic E-state index is 5.50. The van der Waals surface area contributed by atoms with Crippen LogP contribution in [0.4, 0.5) is 0 Å². The molecule has 1 aliphatic rings. The molecule has 0 atom stereocenters. The Kier molecular flexibility index (Phi) is 2.32.